The Morgan fingerprint density at radius 1 is 1.40 bits per heavy atom. The number of para-hydroxylation sites is 1. The Labute approximate surface area is 145 Å². The van der Waals surface area contributed by atoms with Gasteiger partial charge in [-0.2, -0.15) is 5.10 Å². The lowest BCUT2D eigenvalue weighted by Crippen LogP contribution is -2.44. The van der Waals surface area contributed by atoms with Gasteiger partial charge in [-0.3, -0.25) is 4.79 Å². The molecule has 1 fully saturated rings. The Morgan fingerprint density at radius 3 is 2.80 bits per heavy atom. The van der Waals surface area contributed by atoms with Crippen molar-refractivity contribution in [1.82, 2.24) is 15.1 Å². The monoisotopic (exact) mass is 349 g/mol. The molecule has 3 rings (SSSR count). The van der Waals surface area contributed by atoms with Gasteiger partial charge in [0.1, 0.15) is 0 Å². The van der Waals surface area contributed by atoms with Crippen molar-refractivity contribution in [3.05, 3.63) is 42.2 Å². The van der Waals surface area contributed by atoms with Crippen molar-refractivity contribution >= 4 is 5.91 Å². The van der Waals surface area contributed by atoms with E-state index in [1.807, 2.05) is 37.3 Å². The molecule has 7 heteroatoms. The zero-order valence-electron chi connectivity index (χ0n) is 14.0. The molecular formula is C18H21F2N3O2. The standard InChI is InChI=1S/C18H21F2N3O2/c1-2-11-25-14-12-23(13-7-4-3-5-8-13)22-16(14)17(24)21-15-9-6-10-18(15,19)20/h3-5,7-8,12,15H,2,6,9-11H2,1H3,(H,21,24). The van der Waals surface area contributed by atoms with Gasteiger partial charge in [-0.15, -0.1) is 0 Å². The second kappa shape index (κ2) is 7.21. The fraction of sp³-hybridized carbons (Fsp3) is 0.444. The second-order valence-electron chi connectivity index (χ2n) is 6.15. The third-order valence-corrected chi connectivity index (χ3v) is 4.20. The Hall–Kier alpha value is -2.44. The fourth-order valence-electron chi connectivity index (χ4n) is 2.88. The summed E-state index contributed by atoms with van der Waals surface area (Å²) in [5.74, 6) is -3.21. The first kappa shape index (κ1) is 17.4. The molecule has 1 unspecified atom stereocenters. The maximum absolute atomic E-state index is 13.8. The van der Waals surface area contributed by atoms with Crippen LogP contribution in [0.25, 0.3) is 5.69 Å². The number of ether oxygens (including phenoxy) is 1. The average Bonchev–Trinajstić information content (AvgIpc) is 3.17. The highest BCUT2D eigenvalue weighted by molar-refractivity contribution is 5.95. The lowest BCUT2D eigenvalue weighted by Gasteiger charge is -2.19. The predicted molar refractivity (Wildman–Crippen MR) is 89.4 cm³/mol. The lowest BCUT2D eigenvalue weighted by atomic mass is 10.2. The molecule has 1 aromatic carbocycles. The van der Waals surface area contributed by atoms with Gasteiger partial charge in [0.05, 0.1) is 24.5 Å². The molecule has 1 atom stereocenters. The minimum absolute atomic E-state index is 0.0278. The third kappa shape index (κ3) is 3.81. The molecule has 1 aromatic heterocycles. The maximum Gasteiger partial charge on any atom is 0.276 e. The van der Waals surface area contributed by atoms with E-state index >= 15 is 0 Å². The molecule has 0 bridgehead atoms. The Morgan fingerprint density at radius 2 is 2.16 bits per heavy atom. The SMILES string of the molecule is CCCOc1cn(-c2ccccc2)nc1C(=O)NC1CCCC1(F)F. The van der Waals surface area contributed by atoms with E-state index in [9.17, 15) is 13.6 Å². The molecule has 1 aliphatic carbocycles. The van der Waals surface area contributed by atoms with E-state index in [0.29, 0.717) is 18.8 Å². The number of nitrogens with zero attached hydrogens (tertiary/aromatic N) is 2. The van der Waals surface area contributed by atoms with Gasteiger partial charge >= 0.3 is 0 Å². The topological polar surface area (TPSA) is 56.2 Å². The number of carbonyl (C=O) groups is 1. The molecular weight excluding hydrogens is 328 g/mol. The van der Waals surface area contributed by atoms with Crippen LogP contribution in [0.1, 0.15) is 43.1 Å². The molecule has 0 spiro atoms. The summed E-state index contributed by atoms with van der Waals surface area (Å²) in [7, 11) is 0. The molecule has 0 radical (unpaired) electrons. The van der Waals surface area contributed by atoms with Gasteiger partial charge in [-0.25, -0.2) is 13.5 Å². The number of carbonyl (C=O) groups excluding carboxylic acids is 1. The summed E-state index contributed by atoms with van der Waals surface area (Å²) in [6.07, 6.45) is 2.83. The van der Waals surface area contributed by atoms with Gasteiger partial charge in [0.2, 0.25) is 0 Å². The van der Waals surface area contributed by atoms with Gasteiger partial charge in [0.15, 0.2) is 11.4 Å². The zero-order chi connectivity index (χ0) is 17.9. The number of benzene rings is 1. The van der Waals surface area contributed by atoms with Crippen molar-refractivity contribution in [1.29, 1.82) is 0 Å². The van der Waals surface area contributed by atoms with Crippen LogP contribution < -0.4 is 10.1 Å². The third-order valence-electron chi connectivity index (χ3n) is 4.20. The molecule has 0 aliphatic heterocycles. The highest BCUT2D eigenvalue weighted by Crippen LogP contribution is 2.35. The number of halogens is 2. The van der Waals surface area contributed by atoms with Gasteiger partial charge < -0.3 is 10.1 Å². The fourth-order valence-corrected chi connectivity index (χ4v) is 2.88. The van der Waals surface area contributed by atoms with Crippen molar-refractivity contribution in [2.45, 2.75) is 44.6 Å². The normalized spacial score (nSPS) is 18.9. The number of alkyl halides is 2. The van der Waals surface area contributed by atoms with Crippen LogP contribution >= 0.6 is 0 Å². The van der Waals surface area contributed by atoms with E-state index in [0.717, 1.165) is 12.1 Å². The van der Waals surface area contributed by atoms with Crippen LogP contribution in [0.2, 0.25) is 0 Å². The van der Waals surface area contributed by atoms with Crippen molar-refractivity contribution in [3.8, 4) is 11.4 Å². The summed E-state index contributed by atoms with van der Waals surface area (Å²) in [6, 6.07) is 8.09. The van der Waals surface area contributed by atoms with Crippen LogP contribution in [-0.4, -0.2) is 34.3 Å². The van der Waals surface area contributed by atoms with E-state index < -0.39 is 17.9 Å². The van der Waals surface area contributed by atoms with Crippen molar-refractivity contribution < 1.29 is 18.3 Å². The number of nitrogens with one attached hydrogen (secondary N) is 1. The van der Waals surface area contributed by atoms with Crippen molar-refractivity contribution in [2.24, 2.45) is 0 Å². The molecule has 1 aliphatic rings. The summed E-state index contributed by atoms with van der Waals surface area (Å²) in [5.41, 5.74) is 0.786. The molecule has 1 amide bonds. The number of rotatable bonds is 6. The number of hydrogen-bond acceptors (Lipinski definition) is 3. The van der Waals surface area contributed by atoms with E-state index in [1.54, 1.807) is 6.20 Å². The van der Waals surface area contributed by atoms with Gasteiger partial charge in [-0.05, 0) is 31.4 Å². The van der Waals surface area contributed by atoms with E-state index in [2.05, 4.69) is 10.4 Å². The summed E-state index contributed by atoms with van der Waals surface area (Å²) < 4.78 is 34.7. The summed E-state index contributed by atoms with van der Waals surface area (Å²) in [5, 5.41) is 6.68. The average molecular weight is 349 g/mol. The van der Waals surface area contributed by atoms with Gasteiger partial charge in [0, 0.05) is 6.42 Å². The van der Waals surface area contributed by atoms with E-state index in [-0.39, 0.29) is 18.5 Å². The van der Waals surface area contributed by atoms with Gasteiger partial charge in [-0.1, -0.05) is 25.1 Å². The van der Waals surface area contributed by atoms with Crippen LogP contribution in [0.4, 0.5) is 8.78 Å². The minimum atomic E-state index is -2.87. The van der Waals surface area contributed by atoms with E-state index in [1.165, 1.54) is 4.68 Å². The van der Waals surface area contributed by atoms with Crippen LogP contribution in [-0.2, 0) is 0 Å². The number of amides is 1. The minimum Gasteiger partial charge on any atom is -0.489 e. The van der Waals surface area contributed by atoms with Gasteiger partial charge in [0.25, 0.3) is 11.8 Å². The molecule has 5 nitrogen and oxygen atoms in total. The van der Waals surface area contributed by atoms with E-state index in [4.69, 9.17) is 4.74 Å². The smallest absolute Gasteiger partial charge is 0.276 e. The molecule has 1 heterocycles. The first-order valence-corrected chi connectivity index (χ1v) is 8.48. The molecule has 0 saturated heterocycles. The van der Waals surface area contributed by atoms with Crippen LogP contribution in [0.5, 0.6) is 5.75 Å². The predicted octanol–water partition coefficient (Wildman–Crippen LogP) is 3.58. The van der Waals surface area contributed by atoms with Crippen LogP contribution in [0.3, 0.4) is 0 Å². The number of hydrogen-bond donors (Lipinski definition) is 1. The Kier molecular flexibility index (Phi) is 5.01. The largest absolute Gasteiger partial charge is 0.489 e. The van der Waals surface area contributed by atoms with Crippen molar-refractivity contribution in [3.63, 3.8) is 0 Å². The van der Waals surface area contributed by atoms with Crippen LogP contribution in [0.15, 0.2) is 36.5 Å². The summed E-state index contributed by atoms with van der Waals surface area (Å²) in [6.45, 7) is 2.36. The number of aromatic nitrogens is 2. The lowest BCUT2D eigenvalue weighted by molar-refractivity contribution is -0.0165. The van der Waals surface area contributed by atoms with Crippen molar-refractivity contribution in [2.75, 3.05) is 6.61 Å². The quantitative estimate of drug-likeness (QED) is 0.867. The maximum atomic E-state index is 13.8. The first-order chi connectivity index (χ1) is 12.0. The molecule has 2 aromatic rings. The first-order valence-electron chi connectivity index (χ1n) is 8.48. The highest BCUT2D eigenvalue weighted by Gasteiger charge is 2.45. The summed E-state index contributed by atoms with van der Waals surface area (Å²) >= 11 is 0. The highest BCUT2D eigenvalue weighted by atomic mass is 19.3. The zero-order valence-corrected chi connectivity index (χ0v) is 14.0. The molecule has 25 heavy (non-hydrogen) atoms. The molecule has 1 saturated carbocycles. The molecule has 1 N–H and O–H groups in total. The Balaban J connectivity index is 1.85. The molecule has 134 valence electrons. The van der Waals surface area contributed by atoms with Crippen LogP contribution in [0, 0.1) is 0 Å². The Bertz CT molecular complexity index is 731. The second-order valence-corrected chi connectivity index (χ2v) is 6.15. The summed E-state index contributed by atoms with van der Waals surface area (Å²) in [4.78, 5) is 12.5.